The van der Waals surface area contributed by atoms with Crippen molar-refractivity contribution in [3.63, 3.8) is 0 Å². The molecule has 0 amide bonds. The van der Waals surface area contributed by atoms with Crippen LogP contribution in [-0.4, -0.2) is 41.7 Å². The molecular weight excluding hydrogens is 260 g/mol. The molecule has 0 bridgehead atoms. The monoisotopic (exact) mass is 280 g/mol. The Balaban J connectivity index is 1.98. The van der Waals surface area contributed by atoms with E-state index in [0.29, 0.717) is 6.04 Å². The molecule has 19 heavy (non-hydrogen) atoms. The Bertz CT molecular complexity index is 550. The van der Waals surface area contributed by atoms with E-state index in [1.165, 1.54) is 5.69 Å². The Morgan fingerprint density at radius 3 is 3.26 bits per heavy atom. The fourth-order valence-corrected chi connectivity index (χ4v) is 3.23. The van der Waals surface area contributed by atoms with Gasteiger partial charge in [0.25, 0.3) is 0 Å². The summed E-state index contributed by atoms with van der Waals surface area (Å²) >= 11 is 1.69. The molecule has 0 aliphatic carbocycles. The first-order valence-corrected chi connectivity index (χ1v) is 7.68. The van der Waals surface area contributed by atoms with Gasteiger partial charge in [0.15, 0.2) is 10.8 Å². The fraction of sp³-hybridized carbons (Fsp3) is 0.615. The summed E-state index contributed by atoms with van der Waals surface area (Å²) in [6.45, 7) is 8.64. The topological polar surface area (TPSA) is 41.8 Å². The largest absolute Gasteiger partial charge is 0.377 e. The van der Waals surface area contributed by atoms with E-state index in [0.717, 1.165) is 43.6 Å². The number of aromatic nitrogens is 2. The van der Waals surface area contributed by atoms with E-state index in [-0.39, 0.29) is 0 Å². The first-order valence-electron chi connectivity index (χ1n) is 6.80. The van der Waals surface area contributed by atoms with Crippen LogP contribution >= 0.6 is 11.3 Å². The second kappa shape index (κ2) is 5.48. The number of nitrogens with zero attached hydrogens (tertiary/aromatic N) is 3. The molecule has 2 aromatic heterocycles. The number of morpholine rings is 1. The normalized spacial score (nSPS) is 20.3. The molecule has 2 aromatic rings. The molecule has 1 aliphatic rings. The average molecular weight is 280 g/mol. The van der Waals surface area contributed by atoms with Crippen LogP contribution in [0.1, 0.15) is 19.5 Å². The molecule has 1 saturated heterocycles. The second-order valence-corrected chi connectivity index (χ2v) is 5.71. The third-order valence-electron chi connectivity index (χ3n) is 3.52. The third-order valence-corrected chi connectivity index (χ3v) is 4.28. The minimum Gasteiger partial charge on any atom is -0.377 e. The van der Waals surface area contributed by atoms with Gasteiger partial charge in [-0.15, -0.1) is 11.3 Å². The highest BCUT2D eigenvalue weighted by molar-refractivity contribution is 7.15. The average Bonchev–Trinajstić information content (AvgIpc) is 2.98. The third kappa shape index (κ3) is 2.35. The maximum absolute atomic E-state index is 5.52. The molecule has 0 radical (unpaired) electrons. The van der Waals surface area contributed by atoms with Crippen LogP contribution in [0.15, 0.2) is 11.6 Å². The molecule has 0 saturated carbocycles. The molecule has 1 aliphatic heterocycles. The summed E-state index contributed by atoms with van der Waals surface area (Å²) in [7, 11) is 0. The summed E-state index contributed by atoms with van der Waals surface area (Å²) in [5, 5.41) is 5.50. The molecule has 1 atom stereocenters. The quantitative estimate of drug-likeness (QED) is 0.926. The predicted molar refractivity (Wildman–Crippen MR) is 78.1 cm³/mol. The predicted octanol–water partition coefficient (Wildman–Crippen LogP) is 1.73. The lowest BCUT2D eigenvalue weighted by Crippen LogP contribution is -2.44. The lowest BCUT2D eigenvalue weighted by Gasteiger charge is -2.34. The number of hydrogen-bond acceptors (Lipinski definition) is 5. The van der Waals surface area contributed by atoms with Gasteiger partial charge in [-0.3, -0.25) is 4.40 Å². The smallest absolute Gasteiger partial charge is 0.195 e. The van der Waals surface area contributed by atoms with Gasteiger partial charge in [-0.2, -0.15) is 0 Å². The molecule has 104 valence electrons. The van der Waals surface area contributed by atoms with E-state index in [2.05, 4.69) is 40.0 Å². The van der Waals surface area contributed by atoms with Crippen LogP contribution in [0.4, 0.5) is 5.82 Å². The van der Waals surface area contributed by atoms with Gasteiger partial charge in [0.2, 0.25) is 0 Å². The molecule has 1 N–H and O–H groups in total. The molecule has 3 rings (SSSR count). The fourth-order valence-electron chi connectivity index (χ4n) is 2.50. The van der Waals surface area contributed by atoms with Crippen molar-refractivity contribution in [1.82, 2.24) is 14.7 Å². The minimum absolute atomic E-state index is 0.388. The van der Waals surface area contributed by atoms with Gasteiger partial charge in [-0.05, 0) is 13.5 Å². The molecule has 3 heterocycles. The number of ether oxygens (including phenoxy) is 1. The number of thiazole rings is 1. The lowest BCUT2D eigenvalue weighted by molar-refractivity contribution is 0.0985. The second-order valence-electron chi connectivity index (χ2n) is 4.84. The van der Waals surface area contributed by atoms with Gasteiger partial charge in [0.05, 0.1) is 24.9 Å². The Morgan fingerprint density at radius 1 is 1.58 bits per heavy atom. The van der Waals surface area contributed by atoms with Gasteiger partial charge in [-0.25, -0.2) is 4.98 Å². The molecule has 6 heteroatoms. The van der Waals surface area contributed by atoms with Crippen LogP contribution in [0.2, 0.25) is 0 Å². The van der Waals surface area contributed by atoms with Crippen LogP contribution < -0.4 is 10.2 Å². The van der Waals surface area contributed by atoms with Crippen molar-refractivity contribution in [3.05, 3.63) is 17.3 Å². The van der Waals surface area contributed by atoms with Gasteiger partial charge in [-0.1, -0.05) is 6.92 Å². The van der Waals surface area contributed by atoms with Gasteiger partial charge < -0.3 is 15.0 Å². The van der Waals surface area contributed by atoms with Crippen LogP contribution in [0.3, 0.4) is 0 Å². The maximum atomic E-state index is 5.52. The van der Waals surface area contributed by atoms with Crippen molar-refractivity contribution >= 4 is 22.1 Å². The van der Waals surface area contributed by atoms with E-state index in [9.17, 15) is 0 Å². The van der Waals surface area contributed by atoms with Crippen LogP contribution in [-0.2, 0) is 11.3 Å². The summed E-state index contributed by atoms with van der Waals surface area (Å²) in [4.78, 5) is 8.25. The first-order chi connectivity index (χ1) is 9.31. The molecule has 0 aromatic carbocycles. The van der Waals surface area contributed by atoms with Gasteiger partial charge in [0, 0.05) is 24.7 Å². The van der Waals surface area contributed by atoms with E-state index in [1.54, 1.807) is 11.3 Å². The van der Waals surface area contributed by atoms with Crippen molar-refractivity contribution in [2.75, 3.05) is 31.2 Å². The van der Waals surface area contributed by atoms with E-state index < -0.39 is 0 Å². The number of nitrogens with one attached hydrogen (secondary N) is 1. The summed E-state index contributed by atoms with van der Waals surface area (Å²) in [5.41, 5.74) is 1.26. The Morgan fingerprint density at radius 2 is 2.47 bits per heavy atom. The van der Waals surface area contributed by atoms with Crippen molar-refractivity contribution in [2.24, 2.45) is 0 Å². The highest BCUT2D eigenvalue weighted by Crippen LogP contribution is 2.27. The highest BCUT2D eigenvalue weighted by atomic mass is 32.1. The number of rotatable bonds is 4. The minimum atomic E-state index is 0.388. The first kappa shape index (κ1) is 12.9. The highest BCUT2D eigenvalue weighted by Gasteiger charge is 2.25. The van der Waals surface area contributed by atoms with Crippen LogP contribution in [0.25, 0.3) is 4.96 Å². The summed E-state index contributed by atoms with van der Waals surface area (Å²) in [5.74, 6) is 1.11. The molecular formula is C13H20N4OS. The van der Waals surface area contributed by atoms with Gasteiger partial charge in [0.1, 0.15) is 0 Å². The van der Waals surface area contributed by atoms with Crippen molar-refractivity contribution in [3.8, 4) is 0 Å². The zero-order chi connectivity index (χ0) is 13.2. The summed E-state index contributed by atoms with van der Waals surface area (Å²) in [6, 6.07) is 0.388. The molecule has 1 unspecified atom stereocenters. The van der Waals surface area contributed by atoms with E-state index in [1.807, 2.05) is 0 Å². The molecule has 1 fully saturated rings. The Hall–Kier alpha value is -1.11. The number of fused-ring (bicyclic) bond motifs is 1. The number of imidazole rings is 1. The van der Waals surface area contributed by atoms with Gasteiger partial charge >= 0.3 is 0 Å². The van der Waals surface area contributed by atoms with Crippen molar-refractivity contribution in [2.45, 2.75) is 26.4 Å². The standard InChI is InChI=1S/C13H20N4OS/c1-3-14-8-11-12(15-13-17(11)5-7-19-13)16-4-6-18-9-10(16)2/h5,7,10,14H,3-4,6,8-9H2,1-2H3. The molecule has 0 spiro atoms. The number of anilines is 1. The Labute approximate surface area is 117 Å². The van der Waals surface area contributed by atoms with Crippen LogP contribution in [0.5, 0.6) is 0 Å². The van der Waals surface area contributed by atoms with Crippen molar-refractivity contribution < 1.29 is 4.74 Å². The van der Waals surface area contributed by atoms with Crippen molar-refractivity contribution in [1.29, 1.82) is 0 Å². The SMILES string of the molecule is CCNCc1c(N2CCOCC2C)nc2sccn12. The number of hydrogen-bond donors (Lipinski definition) is 1. The van der Waals surface area contributed by atoms with Crippen LogP contribution in [0, 0.1) is 0 Å². The molecule has 5 nitrogen and oxygen atoms in total. The van der Waals surface area contributed by atoms with E-state index >= 15 is 0 Å². The lowest BCUT2D eigenvalue weighted by atomic mass is 10.2. The van der Waals surface area contributed by atoms with E-state index in [4.69, 9.17) is 9.72 Å². The Kier molecular flexibility index (Phi) is 3.72. The maximum Gasteiger partial charge on any atom is 0.195 e. The zero-order valence-electron chi connectivity index (χ0n) is 11.4. The zero-order valence-corrected chi connectivity index (χ0v) is 12.2. The summed E-state index contributed by atoms with van der Waals surface area (Å²) < 4.78 is 7.72. The summed E-state index contributed by atoms with van der Waals surface area (Å²) in [6.07, 6.45) is 2.11.